The summed E-state index contributed by atoms with van der Waals surface area (Å²) in [6.07, 6.45) is 0. The average molecular weight is 578 g/mol. The van der Waals surface area contributed by atoms with E-state index in [1.54, 1.807) is 0 Å². The molecule has 206 valence electrons. The van der Waals surface area contributed by atoms with Crippen molar-refractivity contribution in [2.24, 2.45) is 0 Å². The molecule has 0 fully saturated rings. The maximum absolute atomic E-state index is 8.05. The highest BCUT2D eigenvalue weighted by Crippen LogP contribution is 2.45. The molecule has 8 aromatic carbocycles. The van der Waals surface area contributed by atoms with Crippen molar-refractivity contribution in [1.29, 1.82) is 0 Å². The van der Waals surface area contributed by atoms with E-state index in [4.69, 9.17) is 1.37 Å². The summed E-state index contributed by atoms with van der Waals surface area (Å²) in [5.41, 5.74) is 8.80. The van der Waals surface area contributed by atoms with Crippen molar-refractivity contribution in [3.05, 3.63) is 157 Å². The van der Waals surface area contributed by atoms with Gasteiger partial charge in [-0.3, -0.25) is 0 Å². The smallest absolute Gasteiger partial charge is 0.0623 e. The topological polar surface area (TPSA) is 0 Å². The molecule has 1 heterocycles. The van der Waals surface area contributed by atoms with Crippen molar-refractivity contribution >= 4 is 63.8 Å². The first-order chi connectivity index (χ1) is 22.1. The molecule has 44 heavy (non-hydrogen) atoms. The van der Waals surface area contributed by atoms with Gasteiger partial charge in [0.1, 0.15) is 0 Å². The molecule has 0 nitrogen and oxygen atoms in total. The van der Waals surface area contributed by atoms with Crippen LogP contribution in [0.15, 0.2) is 152 Å². The molecule has 0 bridgehead atoms. The van der Waals surface area contributed by atoms with E-state index < -0.39 is 0 Å². The Morgan fingerprint density at radius 2 is 1.07 bits per heavy atom. The largest absolute Gasteiger partial charge is 0.135 e. The summed E-state index contributed by atoms with van der Waals surface area (Å²) in [6, 6.07) is 53.2. The lowest BCUT2D eigenvalue weighted by molar-refractivity contribution is 1.55. The summed E-state index contributed by atoms with van der Waals surface area (Å²) < 4.78 is 10.8. The number of thiophene rings is 1. The molecule has 9 aromatic rings. The minimum absolute atomic E-state index is 0.539. The van der Waals surface area contributed by atoms with E-state index in [0.717, 1.165) is 10.8 Å². The van der Waals surface area contributed by atoms with Crippen molar-refractivity contribution in [2.75, 3.05) is 0 Å². The Kier molecular flexibility index (Phi) is 5.46. The second kappa shape index (κ2) is 9.91. The van der Waals surface area contributed by atoms with Crippen LogP contribution in [0.2, 0.25) is 0 Å². The third-order valence-corrected chi connectivity index (χ3v) is 10.4. The lowest BCUT2D eigenvalue weighted by atomic mass is 9.85. The first kappa shape index (κ1) is 24.2. The number of hydrogen-bond acceptors (Lipinski definition) is 1. The van der Waals surface area contributed by atoms with Gasteiger partial charge in [0.15, 0.2) is 0 Å². The number of benzene rings is 8. The number of hydrogen-bond donors (Lipinski definition) is 0. The van der Waals surface area contributed by atoms with Gasteiger partial charge in [-0.25, -0.2) is 0 Å². The SMILES string of the molecule is [2H]c1ccc2cc(-c3c4ccccc4c(-c4ccc(-c5ccc(C)c6sc7ccccc7c56)cc4)c4ccccc34)ccc2c1. The predicted octanol–water partition coefficient (Wildman–Crippen LogP) is 12.8. The summed E-state index contributed by atoms with van der Waals surface area (Å²) in [5.74, 6) is 0. The van der Waals surface area contributed by atoms with Gasteiger partial charge in [-0.05, 0) is 90.3 Å². The maximum Gasteiger partial charge on any atom is 0.0623 e. The van der Waals surface area contributed by atoms with Crippen molar-refractivity contribution < 1.29 is 1.37 Å². The number of fused-ring (bicyclic) bond motifs is 6. The first-order valence-electron chi connectivity index (χ1n) is 15.6. The fourth-order valence-corrected chi connectivity index (χ4v) is 8.24. The Morgan fingerprint density at radius 3 is 1.77 bits per heavy atom. The van der Waals surface area contributed by atoms with E-state index in [0.29, 0.717) is 6.04 Å². The average Bonchev–Trinajstić information content (AvgIpc) is 3.48. The summed E-state index contributed by atoms with van der Waals surface area (Å²) in [7, 11) is 0. The van der Waals surface area contributed by atoms with Crippen LogP contribution >= 0.6 is 11.3 Å². The molecule has 1 heteroatoms. The molecule has 0 aliphatic carbocycles. The van der Waals surface area contributed by atoms with Crippen molar-refractivity contribution in [2.45, 2.75) is 6.92 Å². The van der Waals surface area contributed by atoms with Crippen molar-refractivity contribution in [3.8, 4) is 33.4 Å². The molecule has 0 aliphatic rings. The van der Waals surface area contributed by atoms with Gasteiger partial charge in [0.05, 0.1) is 1.37 Å². The van der Waals surface area contributed by atoms with Gasteiger partial charge in [-0.15, -0.1) is 11.3 Å². The molecule has 0 spiro atoms. The zero-order valence-electron chi connectivity index (χ0n) is 25.3. The quantitative estimate of drug-likeness (QED) is 0.183. The fourth-order valence-electron chi connectivity index (χ4n) is 7.05. The van der Waals surface area contributed by atoms with Crippen LogP contribution in [0.5, 0.6) is 0 Å². The molecular formula is C43H28S. The van der Waals surface area contributed by atoms with Gasteiger partial charge >= 0.3 is 0 Å². The molecule has 0 radical (unpaired) electrons. The molecular weight excluding hydrogens is 549 g/mol. The van der Waals surface area contributed by atoms with Crippen LogP contribution in [-0.4, -0.2) is 0 Å². The molecule has 0 atom stereocenters. The van der Waals surface area contributed by atoms with Crippen LogP contribution in [0.1, 0.15) is 6.93 Å². The fraction of sp³-hybridized carbons (Fsp3) is 0.0233. The van der Waals surface area contributed by atoms with E-state index in [9.17, 15) is 0 Å². The van der Waals surface area contributed by atoms with E-state index in [1.165, 1.54) is 80.7 Å². The third kappa shape index (κ3) is 3.83. The molecule has 0 saturated carbocycles. The van der Waals surface area contributed by atoms with E-state index in [2.05, 4.69) is 140 Å². The molecule has 0 N–H and O–H groups in total. The molecule has 0 unspecified atom stereocenters. The summed E-state index contributed by atoms with van der Waals surface area (Å²) >= 11 is 1.89. The minimum atomic E-state index is 0.539. The van der Waals surface area contributed by atoms with Gasteiger partial charge in [-0.2, -0.15) is 0 Å². The summed E-state index contributed by atoms with van der Waals surface area (Å²) in [4.78, 5) is 0. The van der Waals surface area contributed by atoms with E-state index in [-0.39, 0.29) is 0 Å². The number of aryl methyl sites for hydroxylation is 1. The molecule has 0 amide bonds. The number of rotatable bonds is 3. The minimum Gasteiger partial charge on any atom is -0.135 e. The van der Waals surface area contributed by atoms with Gasteiger partial charge in [0.25, 0.3) is 0 Å². The van der Waals surface area contributed by atoms with Crippen LogP contribution in [0.3, 0.4) is 0 Å². The Morgan fingerprint density at radius 1 is 0.477 bits per heavy atom. The monoisotopic (exact) mass is 577 g/mol. The van der Waals surface area contributed by atoms with Crippen LogP contribution < -0.4 is 0 Å². The predicted molar refractivity (Wildman–Crippen MR) is 193 cm³/mol. The highest BCUT2D eigenvalue weighted by atomic mass is 32.1. The highest BCUT2D eigenvalue weighted by molar-refractivity contribution is 7.26. The third-order valence-electron chi connectivity index (χ3n) is 9.11. The van der Waals surface area contributed by atoms with E-state index in [1.807, 2.05) is 23.5 Å². The van der Waals surface area contributed by atoms with Crippen LogP contribution in [0, 0.1) is 6.92 Å². The molecule has 0 saturated heterocycles. The van der Waals surface area contributed by atoms with Gasteiger partial charge in [0, 0.05) is 20.2 Å². The Labute approximate surface area is 261 Å². The van der Waals surface area contributed by atoms with Gasteiger partial charge in [0.2, 0.25) is 0 Å². The lowest BCUT2D eigenvalue weighted by Crippen LogP contribution is -1.91. The first-order valence-corrected chi connectivity index (χ1v) is 15.9. The molecule has 1 aromatic heterocycles. The molecule has 0 aliphatic heterocycles. The van der Waals surface area contributed by atoms with Crippen LogP contribution in [-0.2, 0) is 0 Å². The Balaban J connectivity index is 1.25. The summed E-state index contributed by atoms with van der Waals surface area (Å²) in [6.45, 7) is 2.22. The Hall–Kier alpha value is -5.24. The van der Waals surface area contributed by atoms with Gasteiger partial charge in [-0.1, -0.05) is 140 Å². The van der Waals surface area contributed by atoms with E-state index >= 15 is 0 Å². The summed E-state index contributed by atoms with van der Waals surface area (Å²) in [5, 5.41) is 9.94. The zero-order chi connectivity index (χ0) is 30.1. The standard InChI is InChI=1S/C43H28S/c1-27-18-25-33(42-38-16-8-9-17-39(38)44-43(27)42)29-20-22-30(23-21-29)40-34-12-4-6-14-36(34)41(37-15-7-5-13-35(37)40)32-24-19-28-10-2-3-11-31(28)26-32/h2-26H,1H3/i2D. The second-order valence-corrected chi connectivity index (χ2v) is 12.7. The van der Waals surface area contributed by atoms with Crippen molar-refractivity contribution in [3.63, 3.8) is 0 Å². The van der Waals surface area contributed by atoms with Gasteiger partial charge < -0.3 is 0 Å². The molecule has 9 rings (SSSR count). The van der Waals surface area contributed by atoms with Crippen molar-refractivity contribution in [1.82, 2.24) is 0 Å². The highest BCUT2D eigenvalue weighted by Gasteiger charge is 2.18. The van der Waals surface area contributed by atoms with Crippen LogP contribution in [0.25, 0.3) is 85.9 Å². The zero-order valence-corrected chi connectivity index (χ0v) is 25.1. The normalized spacial score (nSPS) is 12.1. The second-order valence-electron chi connectivity index (χ2n) is 11.6. The maximum atomic E-state index is 8.05. The Bertz CT molecular complexity index is 2550. The van der Waals surface area contributed by atoms with Crippen LogP contribution in [0.4, 0.5) is 0 Å². The lowest BCUT2D eigenvalue weighted by Gasteiger charge is -2.18.